The van der Waals surface area contributed by atoms with Crippen molar-refractivity contribution in [3.05, 3.63) is 53.6 Å². The maximum atomic E-state index is 13.9. The van der Waals surface area contributed by atoms with Gasteiger partial charge in [0.25, 0.3) is 0 Å². The average molecular weight is 478 g/mol. The lowest BCUT2D eigenvalue weighted by Gasteiger charge is -2.28. The quantitative estimate of drug-likeness (QED) is 0.559. The number of halogens is 4. The van der Waals surface area contributed by atoms with E-state index in [9.17, 15) is 27.5 Å². The first kappa shape index (κ1) is 22.4. The number of aliphatic hydroxyl groups excluding tert-OH is 1. The van der Waals surface area contributed by atoms with Gasteiger partial charge < -0.3 is 20.2 Å². The highest BCUT2D eigenvalue weighted by atomic mass is 19.4. The van der Waals surface area contributed by atoms with E-state index in [0.717, 1.165) is 18.2 Å². The summed E-state index contributed by atoms with van der Waals surface area (Å²) in [5, 5.41) is 16.6. The standard InChI is InChI=1S/C22H22F4N6O2/c23-13-3-4-16(22(24,25)26)15(10-13)18-2-1-7-31(18)19-6-9-32-20(29-19)17(11-27-32)28-21(34)30-8-5-14(33)12-30/h3-4,6,9-11,14,18,33H,1-2,5,7-8,12H2,(H,28,34)/t14-,18-/m1/s1. The second-order valence-corrected chi connectivity index (χ2v) is 8.51. The number of aliphatic hydroxyl groups is 1. The van der Waals surface area contributed by atoms with Crippen LogP contribution in [0.3, 0.4) is 0 Å². The smallest absolute Gasteiger partial charge is 0.391 e. The van der Waals surface area contributed by atoms with Crippen LogP contribution in [-0.4, -0.2) is 56.4 Å². The summed E-state index contributed by atoms with van der Waals surface area (Å²) in [4.78, 5) is 20.3. The summed E-state index contributed by atoms with van der Waals surface area (Å²) < 4.78 is 56.3. The zero-order chi connectivity index (χ0) is 24.0. The molecule has 0 spiro atoms. The number of nitrogens with one attached hydrogen (secondary N) is 1. The molecule has 2 fully saturated rings. The topological polar surface area (TPSA) is 86.0 Å². The molecule has 0 radical (unpaired) electrons. The lowest BCUT2D eigenvalue weighted by Crippen LogP contribution is -2.33. The molecule has 2 atom stereocenters. The average Bonchev–Trinajstić information content (AvgIpc) is 3.52. The van der Waals surface area contributed by atoms with E-state index in [0.29, 0.717) is 49.5 Å². The fourth-order valence-electron chi connectivity index (χ4n) is 4.66. The van der Waals surface area contributed by atoms with Crippen molar-refractivity contribution in [2.45, 2.75) is 37.6 Å². The van der Waals surface area contributed by atoms with E-state index in [1.807, 2.05) is 0 Å². The van der Waals surface area contributed by atoms with Crippen molar-refractivity contribution in [2.24, 2.45) is 0 Å². The van der Waals surface area contributed by atoms with Crippen LogP contribution < -0.4 is 10.2 Å². The number of hydrogen-bond donors (Lipinski definition) is 2. The number of alkyl halides is 3. The Balaban J connectivity index is 1.46. The number of aromatic nitrogens is 3. The number of carbonyl (C=O) groups is 1. The summed E-state index contributed by atoms with van der Waals surface area (Å²) in [5.74, 6) is -0.328. The summed E-state index contributed by atoms with van der Waals surface area (Å²) >= 11 is 0. The van der Waals surface area contributed by atoms with Crippen molar-refractivity contribution < 1.29 is 27.5 Å². The molecule has 0 unspecified atom stereocenters. The molecule has 34 heavy (non-hydrogen) atoms. The first-order valence-electron chi connectivity index (χ1n) is 10.9. The van der Waals surface area contributed by atoms with Gasteiger partial charge in [-0.15, -0.1) is 0 Å². The Morgan fingerprint density at radius 2 is 2.00 bits per heavy atom. The van der Waals surface area contributed by atoms with Crippen molar-refractivity contribution >= 4 is 23.2 Å². The number of amides is 2. The van der Waals surface area contributed by atoms with Crippen molar-refractivity contribution in [1.29, 1.82) is 0 Å². The largest absolute Gasteiger partial charge is 0.416 e. The third kappa shape index (κ3) is 4.13. The molecule has 2 aliphatic rings. The first-order chi connectivity index (χ1) is 16.2. The summed E-state index contributed by atoms with van der Waals surface area (Å²) in [6, 6.07) is 3.07. The number of carbonyl (C=O) groups excluding carboxylic acids is 1. The number of rotatable bonds is 3. The number of likely N-dealkylation sites (tertiary alicyclic amines) is 1. The van der Waals surface area contributed by atoms with Crippen LogP contribution in [0, 0.1) is 5.82 Å². The van der Waals surface area contributed by atoms with Crippen LogP contribution in [0.25, 0.3) is 5.65 Å². The number of urea groups is 1. The monoisotopic (exact) mass is 478 g/mol. The van der Waals surface area contributed by atoms with Gasteiger partial charge in [-0.1, -0.05) is 0 Å². The number of benzene rings is 1. The lowest BCUT2D eigenvalue weighted by molar-refractivity contribution is -0.138. The molecule has 4 heterocycles. The Bertz CT molecular complexity index is 1230. The van der Waals surface area contributed by atoms with Gasteiger partial charge in [-0.3, -0.25) is 0 Å². The number of anilines is 2. The van der Waals surface area contributed by atoms with Crippen LogP contribution >= 0.6 is 0 Å². The second kappa shape index (κ2) is 8.42. The Hall–Kier alpha value is -3.41. The van der Waals surface area contributed by atoms with Crippen LogP contribution in [0.5, 0.6) is 0 Å². The maximum Gasteiger partial charge on any atom is 0.416 e. The highest BCUT2D eigenvalue weighted by Gasteiger charge is 2.38. The minimum absolute atomic E-state index is 0.124. The van der Waals surface area contributed by atoms with Gasteiger partial charge in [0.15, 0.2) is 5.65 Å². The molecule has 0 saturated carbocycles. The SMILES string of the molecule is O=C(Nc1cnn2ccc(N3CCC[C@@H]3c3cc(F)ccc3C(F)(F)F)nc12)N1CC[C@@H](O)C1. The van der Waals surface area contributed by atoms with E-state index in [1.165, 1.54) is 15.6 Å². The Morgan fingerprint density at radius 3 is 2.74 bits per heavy atom. The summed E-state index contributed by atoms with van der Waals surface area (Å²) in [7, 11) is 0. The Labute approximate surface area is 191 Å². The third-order valence-corrected chi connectivity index (χ3v) is 6.27. The van der Waals surface area contributed by atoms with Gasteiger partial charge in [-0.25, -0.2) is 18.7 Å². The number of hydrogen-bond acceptors (Lipinski definition) is 5. The van der Waals surface area contributed by atoms with Crippen LogP contribution in [0.1, 0.15) is 36.4 Å². The molecule has 2 saturated heterocycles. The fourth-order valence-corrected chi connectivity index (χ4v) is 4.66. The van der Waals surface area contributed by atoms with Crippen molar-refractivity contribution in [1.82, 2.24) is 19.5 Å². The lowest BCUT2D eigenvalue weighted by atomic mass is 9.97. The van der Waals surface area contributed by atoms with Crippen LogP contribution in [0.15, 0.2) is 36.7 Å². The summed E-state index contributed by atoms with van der Waals surface area (Å²) in [6.07, 6.45) is -0.590. The molecule has 180 valence electrons. The zero-order valence-corrected chi connectivity index (χ0v) is 18.0. The Kier molecular flexibility index (Phi) is 5.54. The normalized spacial score (nSPS) is 21.0. The van der Waals surface area contributed by atoms with Crippen LogP contribution in [0.4, 0.5) is 33.9 Å². The second-order valence-electron chi connectivity index (χ2n) is 8.51. The highest BCUT2D eigenvalue weighted by Crippen LogP contribution is 2.42. The Morgan fingerprint density at radius 1 is 1.18 bits per heavy atom. The molecule has 0 aliphatic carbocycles. The van der Waals surface area contributed by atoms with E-state index in [-0.39, 0.29) is 12.1 Å². The van der Waals surface area contributed by atoms with E-state index in [4.69, 9.17) is 0 Å². The van der Waals surface area contributed by atoms with E-state index in [2.05, 4.69) is 15.4 Å². The molecular weight excluding hydrogens is 456 g/mol. The van der Waals surface area contributed by atoms with Crippen molar-refractivity contribution in [2.75, 3.05) is 29.9 Å². The van der Waals surface area contributed by atoms with Crippen LogP contribution in [-0.2, 0) is 6.18 Å². The van der Waals surface area contributed by atoms with Gasteiger partial charge in [0, 0.05) is 25.8 Å². The van der Waals surface area contributed by atoms with Crippen LogP contribution in [0.2, 0.25) is 0 Å². The number of β-amino-alcohol motifs (C(OH)–C–C–N with tert-alkyl or cyclic N) is 1. The van der Waals surface area contributed by atoms with Gasteiger partial charge in [-0.05, 0) is 49.1 Å². The molecular formula is C22H22F4N6O2. The maximum absolute atomic E-state index is 13.9. The number of fused-ring (bicyclic) bond motifs is 1. The predicted molar refractivity (Wildman–Crippen MR) is 115 cm³/mol. The van der Waals surface area contributed by atoms with Gasteiger partial charge in [0.1, 0.15) is 17.3 Å². The molecule has 2 aliphatic heterocycles. The minimum Gasteiger partial charge on any atom is -0.391 e. The molecule has 2 aromatic heterocycles. The first-order valence-corrected chi connectivity index (χ1v) is 10.9. The van der Waals surface area contributed by atoms with Gasteiger partial charge in [0.2, 0.25) is 0 Å². The van der Waals surface area contributed by atoms with Gasteiger partial charge >= 0.3 is 12.2 Å². The fraction of sp³-hybridized carbons (Fsp3) is 0.409. The zero-order valence-electron chi connectivity index (χ0n) is 18.0. The van der Waals surface area contributed by atoms with Crippen molar-refractivity contribution in [3.63, 3.8) is 0 Å². The molecule has 2 N–H and O–H groups in total. The molecule has 8 nitrogen and oxygen atoms in total. The molecule has 2 amide bonds. The van der Waals surface area contributed by atoms with Gasteiger partial charge in [-0.2, -0.15) is 18.3 Å². The minimum atomic E-state index is -4.61. The van der Waals surface area contributed by atoms with Crippen molar-refractivity contribution in [3.8, 4) is 0 Å². The summed E-state index contributed by atoms with van der Waals surface area (Å²) in [6.45, 7) is 1.10. The van der Waals surface area contributed by atoms with Gasteiger partial charge in [0.05, 0.1) is 23.9 Å². The highest BCUT2D eigenvalue weighted by molar-refractivity contribution is 5.93. The molecule has 12 heteroatoms. The third-order valence-electron chi connectivity index (χ3n) is 6.27. The van der Waals surface area contributed by atoms with E-state index >= 15 is 0 Å². The van der Waals surface area contributed by atoms with E-state index < -0.39 is 35.7 Å². The molecule has 5 rings (SSSR count). The molecule has 0 bridgehead atoms. The van der Waals surface area contributed by atoms with E-state index in [1.54, 1.807) is 17.2 Å². The molecule has 1 aromatic carbocycles. The predicted octanol–water partition coefficient (Wildman–Crippen LogP) is 3.83. The summed E-state index contributed by atoms with van der Waals surface area (Å²) in [5.41, 5.74) is -0.324. The number of nitrogens with zero attached hydrogens (tertiary/aromatic N) is 5. The molecule has 3 aromatic rings.